The van der Waals surface area contributed by atoms with Gasteiger partial charge < -0.3 is 5.32 Å². The SMILES string of the molecule is CNC(c1ccc(-c2ccccc2)cc1)c1cnsn1. The molecule has 3 nitrogen and oxygen atoms in total. The molecule has 1 N–H and O–H groups in total. The van der Waals surface area contributed by atoms with Gasteiger partial charge in [-0.25, -0.2) is 0 Å². The van der Waals surface area contributed by atoms with Crippen LogP contribution < -0.4 is 5.32 Å². The Kier molecular flexibility index (Phi) is 3.85. The molecule has 0 spiro atoms. The van der Waals surface area contributed by atoms with Crippen molar-refractivity contribution in [3.63, 3.8) is 0 Å². The van der Waals surface area contributed by atoms with Crippen molar-refractivity contribution in [3.05, 3.63) is 72.1 Å². The standard InChI is InChI=1S/C16H15N3S/c1-17-16(15-11-18-20-19-15)14-9-7-13(8-10-14)12-5-3-2-4-6-12/h2-11,16-17H,1H3. The van der Waals surface area contributed by atoms with Gasteiger partial charge in [-0.2, -0.15) is 8.75 Å². The summed E-state index contributed by atoms with van der Waals surface area (Å²) >= 11 is 1.24. The molecule has 0 saturated carbocycles. The van der Waals surface area contributed by atoms with Crippen LogP contribution in [0.2, 0.25) is 0 Å². The average Bonchev–Trinajstić information content (AvgIpc) is 3.04. The van der Waals surface area contributed by atoms with E-state index in [1.807, 2.05) is 19.3 Å². The maximum absolute atomic E-state index is 4.31. The molecule has 3 rings (SSSR count). The fraction of sp³-hybridized carbons (Fsp3) is 0.125. The molecule has 4 heteroatoms. The second kappa shape index (κ2) is 5.94. The quantitative estimate of drug-likeness (QED) is 0.795. The molecular formula is C16H15N3S. The van der Waals surface area contributed by atoms with E-state index in [2.05, 4.69) is 62.6 Å². The fourth-order valence-corrected chi connectivity index (χ4v) is 2.73. The van der Waals surface area contributed by atoms with Crippen molar-refractivity contribution in [1.29, 1.82) is 0 Å². The summed E-state index contributed by atoms with van der Waals surface area (Å²) in [5.41, 5.74) is 4.61. The average molecular weight is 281 g/mol. The second-order valence-corrected chi connectivity index (χ2v) is 5.10. The smallest absolute Gasteiger partial charge is 0.0957 e. The molecule has 0 fully saturated rings. The van der Waals surface area contributed by atoms with Crippen molar-refractivity contribution in [1.82, 2.24) is 14.1 Å². The Hall–Kier alpha value is -2.04. The van der Waals surface area contributed by atoms with E-state index in [4.69, 9.17) is 0 Å². The van der Waals surface area contributed by atoms with Crippen LogP contribution in [0.4, 0.5) is 0 Å². The summed E-state index contributed by atoms with van der Waals surface area (Å²) in [7, 11) is 1.94. The largest absolute Gasteiger partial charge is 0.308 e. The molecule has 3 aromatic rings. The van der Waals surface area contributed by atoms with Crippen molar-refractivity contribution < 1.29 is 0 Å². The minimum absolute atomic E-state index is 0.0959. The number of rotatable bonds is 4. The minimum atomic E-state index is 0.0959. The zero-order valence-corrected chi connectivity index (χ0v) is 12.0. The maximum atomic E-state index is 4.31. The van der Waals surface area contributed by atoms with E-state index in [-0.39, 0.29) is 6.04 Å². The molecule has 0 aliphatic carbocycles. The minimum Gasteiger partial charge on any atom is -0.308 e. The normalized spacial score (nSPS) is 12.2. The van der Waals surface area contributed by atoms with Crippen LogP contribution in [-0.4, -0.2) is 15.8 Å². The van der Waals surface area contributed by atoms with Gasteiger partial charge in [-0.05, 0) is 23.7 Å². The van der Waals surface area contributed by atoms with E-state index in [1.165, 1.54) is 28.4 Å². The Labute approximate surface area is 122 Å². The highest BCUT2D eigenvalue weighted by atomic mass is 32.1. The van der Waals surface area contributed by atoms with Gasteiger partial charge in [-0.3, -0.25) is 0 Å². The third-order valence-electron chi connectivity index (χ3n) is 3.31. The van der Waals surface area contributed by atoms with E-state index >= 15 is 0 Å². The van der Waals surface area contributed by atoms with Crippen molar-refractivity contribution in [3.8, 4) is 11.1 Å². The van der Waals surface area contributed by atoms with Gasteiger partial charge in [0, 0.05) is 0 Å². The fourth-order valence-electron chi connectivity index (χ4n) is 2.28. The third kappa shape index (κ3) is 2.61. The number of benzene rings is 2. The highest BCUT2D eigenvalue weighted by molar-refractivity contribution is 6.99. The zero-order valence-electron chi connectivity index (χ0n) is 11.2. The molecule has 1 atom stereocenters. The van der Waals surface area contributed by atoms with Crippen molar-refractivity contribution in [2.75, 3.05) is 7.05 Å². The Morgan fingerprint density at radius 3 is 2.25 bits per heavy atom. The number of hydrogen-bond acceptors (Lipinski definition) is 4. The summed E-state index contributed by atoms with van der Waals surface area (Å²) < 4.78 is 8.38. The van der Waals surface area contributed by atoms with E-state index < -0.39 is 0 Å². The Balaban J connectivity index is 1.89. The molecule has 0 saturated heterocycles. The van der Waals surface area contributed by atoms with Crippen LogP contribution in [0.3, 0.4) is 0 Å². The highest BCUT2D eigenvalue weighted by Gasteiger charge is 2.14. The molecule has 0 bridgehead atoms. The first-order chi connectivity index (χ1) is 9.88. The predicted octanol–water partition coefficient (Wildman–Crippen LogP) is 3.51. The van der Waals surface area contributed by atoms with Crippen molar-refractivity contribution in [2.45, 2.75) is 6.04 Å². The molecule has 0 radical (unpaired) electrons. The summed E-state index contributed by atoms with van der Waals surface area (Å²) in [5.74, 6) is 0. The molecule has 20 heavy (non-hydrogen) atoms. The topological polar surface area (TPSA) is 37.8 Å². The Bertz CT molecular complexity index is 648. The van der Waals surface area contributed by atoms with E-state index in [0.29, 0.717) is 0 Å². The van der Waals surface area contributed by atoms with Gasteiger partial charge in [0.2, 0.25) is 0 Å². The van der Waals surface area contributed by atoms with Crippen LogP contribution in [0.5, 0.6) is 0 Å². The van der Waals surface area contributed by atoms with E-state index in [0.717, 1.165) is 5.69 Å². The molecule has 2 aromatic carbocycles. The lowest BCUT2D eigenvalue weighted by atomic mass is 9.99. The number of aromatic nitrogens is 2. The molecular weight excluding hydrogens is 266 g/mol. The van der Waals surface area contributed by atoms with Crippen molar-refractivity contribution in [2.24, 2.45) is 0 Å². The lowest BCUT2D eigenvalue weighted by molar-refractivity contribution is 0.677. The maximum Gasteiger partial charge on any atom is 0.0957 e. The molecule has 1 heterocycles. The van der Waals surface area contributed by atoms with Crippen molar-refractivity contribution >= 4 is 11.7 Å². The summed E-state index contributed by atoms with van der Waals surface area (Å²) in [5, 5.41) is 3.28. The number of hydrogen-bond donors (Lipinski definition) is 1. The van der Waals surface area contributed by atoms with Gasteiger partial charge in [0.1, 0.15) is 0 Å². The van der Waals surface area contributed by atoms with Crippen LogP contribution >= 0.6 is 11.7 Å². The van der Waals surface area contributed by atoms with Gasteiger partial charge in [0.05, 0.1) is 29.7 Å². The number of nitrogens with one attached hydrogen (secondary N) is 1. The zero-order chi connectivity index (χ0) is 13.8. The van der Waals surface area contributed by atoms with Crippen LogP contribution in [-0.2, 0) is 0 Å². The van der Waals surface area contributed by atoms with Gasteiger partial charge in [0.15, 0.2) is 0 Å². The predicted molar refractivity (Wildman–Crippen MR) is 82.7 cm³/mol. The molecule has 1 unspecified atom stereocenters. The van der Waals surface area contributed by atoms with Gasteiger partial charge >= 0.3 is 0 Å². The monoisotopic (exact) mass is 281 g/mol. The first-order valence-corrected chi connectivity index (χ1v) is 7.21. The van der Waals surface area contributed by atoms with Gasteiger partial charge in [-0.1, -0.05) is 54.6 Å². The van der Waals surface area contributed by atoms with Crippen LogP contribution in [0.25, 0.3) is 11.1 Å². The van der Waals surface area contributed by atoms with E-state index in [9.17, 15) is 0 Å². The second-order valence-electron chi connectivity index (χ2n) is 4.54. The summed E-state index contributed by atoms with van der Waals surface area (Å²) in [6.45, 7) is 0. The molecule has 0 aliphatic rings. The lowest BCUT2D eigenvalue weighted by Crippen LogP contribution is -2.17. The van der Waals surface area contributed by atoms with Gasteiger partial charge in [0.25, 0.3) is 0 Å². The Morgan fingerprint density at radius 1 is 0.950 bits per heavy atom. The van der Waals surface area contributed by atoms with Gasteiger partial charge in [-0.15, -0.1) is 0 Å². The first-order valence-electron chi connectivity index (χ1n) is 6.48. The van der Waals surface area contributed by atoms with E-state index in [1.54, 1.807) is 0 Å². The summed E-state index contributed by atoms with van der Waals surface area (Å²) in [6.07, 6.45) is 1.82. The molecule has 0 amide bonds. The van der Waals surface area contributed by atoms with Crippen LogP contribution in [0, 0.1) is 0 Å². The first kappa shape index (κ1) is 13.0. The molecule has 1 aromatic heterocycles. The number of nitrogens with zero attached hydrogens (tertiary/aromatic N) is 2. The lowest BCUT2D eigenvalue weighted by Gasteiger charge is -2.14. The molecule has 0 aliphatic heterocycles. The summed E-state index contributed by atoms with van der Waals surface area (Å²) in [6, 6.07) is 19.1. The third-order valence-corrected chi connectivity index (χ3v) is 3.81. The molecule has 100 valence electrons. The van der Waals surface area contributed by atoms with Crippen LogP contribution in [0.15, 0.2) is 60.8 Å². The Morgan fingerprint density at radius 2 is 1.65 bits per heavy atom. The summed E-state index contributed by atoms with van der Waals surface area (Å²) in [4.78, 5) is 0. The highest BCUT2D eigenvalue weighted by Crippen LogP contribution is 2.24. The van der Waals surface area contributed by atoms with Crippen LogP contribution in [0.1, 0.15) is 17.3 Å².